The van der Waals surface area contributed by atoms with Crippen molar-refractivity contribution in [1.29, 1.82) is 0 Å². The zero-order valence-electron chi connectivity index (χ0n) is 18.7. The number of piperidine rings is 1. The van der Waals surface area contributed by atoms with E-state index in [2.05, 4.69) is 14.9 Å². The first kappa shape index (κ1) is 25.8. The summed E-state index contributed by atoms with van der Waals surface area (Å²) in [5.41, 5.74) is 1.85. The van der Waals surface area contributed by atoms with Crippen LogP contribution in [0, 0.1) is 5.92 Å². The second-order valence-corrected chi connectivity index (χ2v) is 11.3. The predicted molar refractivity (Wildman–Crippen MR) is 142 cm³/mol. The lowest BCUT2D eigenvalue weighted by atomic mass is 9.95. The van der Waals surface area contributed by atoms with Gasteiger partial charge >= 0.3 is 0 Å². The number of carbonyl (C=O) groups excluding carboxylic acids is 1. The molecule has 6 nitrogen and oxygen atoms in total. The van der Waals surface area contributed by atoms with Crippen LogP contribution in [0.15, 0.2) is 71.6 Å². The largest absolute Gasteiger partial charge is 0.326 e. The van der Waals surface area contributed by atoms with Gasteiger partial charge in [0.05, 0.1) is 15.6 Å². The Morgan fingerprint density at radius 3 is 2.26 bits per heavy atom. The number of hydrogen-bond donors (Lipinski definition) is 2. The minimum absolute atomic E-state index is 0.0504. The van der Waals surface area contributed by atoms with E-state index in [1.54, 1.807) is 18.2 Å². The number of hydrogen-bond acceptors (Lipinski definition) is 4. The average Bonchev–Trinajstić information content (AvgIpc) is 2.83. The minimum atomic E-state index is -3.85. The van der Waals surface area contributed by atoms with Gasteiger partial charge in [-0.1, -0.05) is 53.0 Å². The number of sulfonamides is 1. The lowest BCUT2D eigenvalue weighted by Crippen LogP contribution is -2.37. The van der Waals surface area contributed by atoms with Gasteiger partial charge in [0.25, 0.3) is 10.0 Å². The number of anilines is 2. The van der Waals surface area contributed by atoms with Crippen molar-refractivity contribution in [3.63, 3.8) is 0 Å². The van der Waals surface area contributed by atoms with Crippen LogP contribution in [0.4, 0.5) is 11.4 Å². The van der Waals surface area contributed by atoms with Crippen molar-refractivity contribution in [3.8, 4) is 0 Å². The molecule has 0 aliphatic carbocycles. The molecule has 0 saturated carbocycles. The van der Waals surface area contributed by atoms with Gasteiger partial charge in [-0.05, 0) is 80.0 Å². The van der Waals surface area contributed by atoms with Gasteiger partial charge in [0.1, 0.15) is 0 Å². The first-order valence-corrected chi connectivity index (χ1v) is 13.7. The van der Waals surface area contributed by atoms with Crippen molar-refractivity contribution in [2.45, 2.75) is 24.3 Å². The Kier molecular flexibility index (Phi) is 8.24. The van der Waals surface area contributed by atoms with Crippen molar-refractivity contribution in [2.75, 3.05) is 23.1 Å². The molecular weight excluding hydrogens is 529 g/mol. The van der Waals surface area contributed by atoms with E-state index in [0.29, 0.717) is 10.7 Å². The Balaban J connectivity index is 1.31. The van der Waals surface area contributed by atoms with E-state index < -0.39 is 10.0 Å². The molecule has 1 saturated heterocycles. The summed E-state index contributed by atoms with van der Waals surface area (Å²) in [5, 5.41) is 4.26. The second kappa shape index (κ2) is 11.2. The fourth-order valence-electron chi connectivity index (χ4n) is 3.96. The van der Waals surface area contributed by atoms with E-state index in [0.717, 1.165) is 43.1 Å². The van der Waals surface area contributed by atoms with Crippen molar-refractivity contribution < 1.29 is 13.2 Å². The molecule has 0 spiro atoms. The highest BCUT2D eigenvalue weighted by Gasteiger charge is 2.25. The third-order valence-electron chi connectivity index (χ3n) is 5.92. The number of amides is 1. The Morgan fingerprint density at radius 2 is 1.60 bits per heavy atom. The molecule has 0 unspecified atom stereocenters. The SMILES string of the molecule is O=C(Nc1ccc(S(=O)(=O)Nc2ccc(Cl)cc2Cl)cc1)C1CCN(Cc2ccccc2Cl)CC1. The van der Waals surface area contributed by atoms with Gasteiger partial charge in [0.15, 0.2) is 0 Å². The molecule has 0 aromatic heterocycles. The first-order valence-electron chi connectivity index (χ1n) is 11.1. The maximum absolute atomic E-state index is 12.8. The van der Waals surface area contributed by atoms with Crippen LogP contribution >= 0.6 is 34.8 Å². The van der Waals surface area contributed by atoms with Gasteiger partial charge in [0, 0.05) is 28.2 Å². The summed E-state index contributed by atoms with van der Waals surface area (Å²) >= 11 is 18.2. The molecule has 0 atom stereocenters. The zero-order chi connectivity index (χ0) is 25.0. The maximum Gasteiger partial charge on any atom is 0.261 e. The maximum atomic E-state index is 12.8. The molecule has 35 heavy (non-hydrogen) atoms. The van der Waals surface area contributed by atoms with E-state index >= 15 is 0 Å². The zero-order valence-corrected chi connectivity index (χ0v) is 21.8. The van der Waals surface area contributed by atoms with Gasteiger partial charge < -0.3 is 5.32 Å². The molecule has 184 valence electrons. The van der Waals surface area contributed by atoms with Crippen molar-refractivity contribution in [1.82, 2.24) is 4.90 Å². The van der Waals surface area contributed by atoms with Crippen LogP contribution in [0.1, 0.15) is 18.4 Å². The number of nitrogens with zero attached hydrogens (tertiary/aromatic N) is 1. The summed E-state index contributed by atoms with van der Waals surface area (Å²) < 4.78 is 27.8. The number of carbonyl (C=O) groups is 1. The summed E-state index contributed by atoms with van der Waals surface area (Å²) in [6.07, 6.45) is 1.49. The molecular formula is C25H24Cl3N3O3S. The van der Waals surface area contributed by atoms with E-state index in [9.17, 15) is 13.2 Å². The topological polar surface area (TPSA) is 78.5 Å². The number of likely N-dealkylation sites (tertiary alicyclic amines) is 1. The van der Waals surface area contributed by atoms with Gasteiger partial charge in [0.2, 0.25) is 5.91 Å². The van der Waals surface area contributed by atoms with E-state index in [1.165, 1.54) is 24.3 Å². The standard InChI is InChI=1S/C25H24Cl3N3O3S/c26-19-5-10-24(23(28)15-19)30-35(33,34)21-8-6-20(7-9-21)29-25(32)17-11-13-31(14-12-17)16-18-3-1-2-4-22(18)27/h1-10,15,17,30H,11-14,16H2,(H,29,32). The smallest absolute Gasteiger partial charge is 0.261 e. The molecule has 3 aromatic carbocycles. The Hall–Kier alpha value is -2.29. The lowest BCUT2D eigenvalue weighted by molar-refractivity contribution is -0.121. The summed E-state index contributed by atoms with van der Waals surface area (Å²) in [6, 6.07) is 18.3. The summed E-state index contributed by atoms with van der Waals surface area (Å²) in [5.74, 6) is -0.168. The number of halogens is 3. The van der Waals surface area contributed by atoms with Gasteiger partial charge in [-0.3, -0.25) is 14.4 Å². The molecule has 1 amide bonds. The number of rotatable bonds is 7. The first-order chi connectivity index (χ1) is 16.7. The molecule has 2 N–H and O–H groups in total. The quantitative estimate of drug-likeness (QED) is 0.361. The Labute approximate surface area is 220 Å². The van der Waals surface area contributed by atoms with Gasteiger partial charge in [-0.15, -0.1) is 0 Å². The highest BCUT2D eigenvalue weighted by atomic mass is 35.5. The van der Waals surface area contributed by atoms with Gasteiger partial charge in [-0.25, -0.2) is 8.42 Å². The molecule has 0 bridgehead atoms. The molecule has 10 heteroatoms. The highest BCUT2D eigenvalue weighted by molar-refractivity contribution is 7.92. The molecule has 1 aliphatic heterocycles. The fourth-order valence-corrected chi connectivity index (χ4v) is 5.75. The summed E-state index contributed by atoms with van der Waals surface area (Å²) in [4.78, 5) is 15.1. The number of nitrogens with one attached hydrogen (secondary N) is 2. The molecule has 1 fully saturated rings. The third-order valence-corrected chi connectivity index (χ3v) is 8.22. The molecule has 0 radical (unpaired) electrons. The Morgan fingerprint density at radius 1 is 0.914 bits per heavy atom. The van der Waals surface area contributed by atoms with Crippen LogP contribution < -0.4 is 10.0 Å². The predicted octanol–water partition coefficient (Wildman–Crippen LogP) is 6.30. The van der Waals surface area contributed by atoms with E-state index in [-0.39, 0.29) is 27.4 Å². The van der Waals surface area contributed by atoms with Crippen LogP contribution in [-0.2, 0) is 21.4 Å². The van der Waals surface area contributed by atoms with Crippen LogP contribution in [0.3, 0.4) is 0 Å². The van der Waals surface area contributed by atoms with Crippen LogP contribution in [-0.4, -0.2) is 32.3 Å². The Bertz CT molecular complexity index is 1310. The monoisotopic (exact) mass is 551 g/mol. The van der Waals surface area contributed by atoms with Crippen molar-refractivity contribution in [3.05, 3.63) is 87.4 Å². The fraction of sp³-hybridized carbons (Fsp3) is 0.240. The normalized spacial score (nSPS) is 15.1. The molecule has 3 aromatic rings. The van der Waals surface area contributed by atoms with Crippen molar-refractivity contribution >= 4 is 62.1 Å². The van der Waals surface area contributed by atoms with Crippen LogP contribution in [0.25, 0.3) is 0 Å². The average molecular weight is 553 g/mol. The van der Waals surface area contributed by atoms with Crippen molar-refractivity contribution in [2.24, 2.45) is 5.92 Å². The van der Waals surface area contributed by atoms with E-state index in [1.807, 2.05) is 24.3 Å². The lowest BCUT2D eigenvalue weighted by Gasteiger charge is -2.31. The van der Waals surface area contributed by atoms with Gasteiger partial charge in [-0.2, -0.15) is 0 Å². The molecule has 4 rings (SSSR count). The minimum Gasteiger partial charge on any atom is -0.326 e. The third kappa shape index (κ3) is 6.68. The van der Waals surface area contributed by atoms with Crippen LogP contribution in [0.2, 0.25) is 15.1 Å². The van der Waals surface area contributed by atoms with E-state index in [4.69, 9.17) is 34.8 Å². The second-order valence-electron chi connectivity index (χ2n) is 8.39. The molecule has 1 aliphatic rings. The summed E-state index contributed by atoms with van der Waals surface area (Å²) in [7, 11) is -3.85. The molecule has 1 heterocycles. The summed E-state index contributed by atoms with van der Waals surface area (Å²) in [6.45, 7) is 2.37. The number of benzene rings is 3. The highest BCUT2D eigenvalue weighted by Crippen LogP contribution is 2.28. The van der Waals surface area contributed by atoms with Crippen LogP contribution in [0.5, 0.6) is 0 Å².